The van der Waals surface area contributed by atoms with Crippen molar-refractivity contribution in [2.24, 2.45) is 0 Å². The number of amides is 1. The lowest BCUT2D eigenvalue weighted by atomic mass is 10.2. The zero-order valence-electron chi connectivity index (χ0n) is 16.7. The number of hydrogen-bond acceptors (Lipinski definition) is 5. The van der Waals surface area contributed by atoms with Crippen LogP contribution in [-0.4, -0.2) is 52.6 Å². The molecule has 1 fully saturated rings. The highest BCUT2D eigenvalue weighted by atomic mass is 32.2. The molecule has 156 valence electrons. The summed E-state index contributed by atoms with van der Waals surface area (Å²) < 4.78 is 13.1. The summed E-state index contributed by atoms with van der Waals surface area (Å²) >= 11 is 3.36. The summed E-state index contributed by atoms with van der Waals surface area (Å²) in [5, 5.41) is 3.07. The van der Waals surface area contributed by atoms with Crippen LogP contribution < -0.4 is 0 Å². The van der Waals surface area contributed by atoms with Gasteiger partial charge in [0.05, 0.1) is 12.2 Å². The molecule has 0 N–H and O–H groups in total. The topological polar surface area (TPSA) is 36.4 Å². The van der Waals surface area contributed by atoms with Gasteiger partial charge < -0.3 is 4.90 Å². The molecule has 1 aliphatic rings. The SMILES string of the molecule is O=C(CCSc1ccccc1)N1CCN(Cc2nc(-c3ccc(F)cc3)cs2)CC1. The van der Waals surface area contributed by atoms with E-state index in [1.165, 1.54) is 17.0 Å². The van der Waals surface area contributed by atoms with Crippen LogP contribution in [-0.2, 0) is 11.3 Å². The standard InChI is InChI=1S/C23H24FN3OS2/c24-19-8-6-18(7-9-19)21-17-30-22(25-21)16-26-11-13-27(14-12-26)23(28)10-15-29-20-4-2-1-3-5-20/h1-9,17H,10-16H2. The molecular weight excluding hydrogens is 417 g/mol. The molecule has 1 saturated heterocycles. The van der Waals surface area contributed by atoms with Gasteiger partial charge in [-0.15, -0.1) is 23.1 Å². The fourth-order valence-electron chi connectivity index (χ4n) is 3.41. The average Bonchev–Trinajstić information content (AvgIpc) is 3.24. The predicted octanol–water partition coefficient (Wildman–Crippen LogP) is 4.78. The Morgan fingerprint density at radius 2 is 1.77 bits per heavy atom. The van der Waals surface area contributed by atoms with Crippen LogP contribution in [0, 0.1) is 5.82 Å². The summed E-state index contributed by atoms with van der Waals surface area (Å²) in [5.41, 5.74) is 1.82. The van der Waals surface area contributed by atoms with Crippen LogP contribution in [0.2, 0.25) is 0 Å². The average molecular weight is 442 g/mol. The summed E-state index contributed by atoms with van der Waals surface area (Å²) in [4.78, 5) is 22.7. The number of carbonyl (C=O) groups is 1. The Labute approximate surface area is 184 Å². The number of rotatable bonds is 7. The van der Waals surface area contributed by atoms with Crippen LogP contribution in [0.4, 0.5) is 4.39 Å². The molecule has 30 heavy (non-hydrogen) atoms. The van der Waals surface area contributed by atoms with Gasteiger partial charge in [-0.3, -0.25) is 9.69 Å². The Morgan fingerprint density at radius 3 is 2.50 bits per heavy atom. The molecule has 0 saturated carbocycles. The van der Waals surface area contributed by atoms with Gasteiger partial charge in [-0.1, -0.05) is 18.2 Å². The molecule has 0 aliphatic carbocycles. The molecule has 0 bridgehead atoms. The number of halogens is 1. The van der Waals surface area contributed by atoms with Crippen LogP contribution in [0.15, 0.2) is 64.9 Å². The van der Waals surface area contributed by atoms with Crippen LogP contribution in [0.25, 0.3) is 11.3 Å². The van der Waals surface area contributed by atoms with Crippen LogP contribution in [0.1, 0.15) is 11.4 Å². The fraction of sp³-hybridized carbons (Fsp3) is 0.304. The van der Waals surface area contributed by atoms with E-state index in [0.717, 1.165) is 54.7 Å². The summed E-state index contributed by atoms with van der Waals surface area (Å²) in [6.45, 7) is 4.06. The van der Waals surface area contributed by atoms with Gasteiger partial charge in [0.25, 0.3) is 0 Å². The van der Waals surface area contributed by atoms with Crippen LogP contribution in [0.5, 0.6) is 0 Å². The second-order valence-electron chi connectivity index (χ2n) is 7.20. The summed E-state index contributed by atoms with van der Waals surface area (Å²) in [6.07, 6.45) is 0.576. The molecule has 0 atom stereocenters. The van der Waals surface area contributed by atoms with Crippen molar-refractivity contribution in [1.29, 1.82) is 0 Å². The fourth-order valence-corrected chi connectivity index (χ4v) is 5.12. The molecule has 3 aromatic rings. The molecule has 2 aromatic carbocycles. The highest BCUT2D eigenvalue weighted by Gasteiger charge is 2.21. The maximum absolute atomic E-state index is 13.1. The van der Waals surface area contributed by atoms with Gasteiger partial charge in [-0.05, 0) is 36.4 Å². The number of piperazine rings is 1. The number of thioether (sulfide) groups is 1. The Bertz CT molecular complexity index is 954. The first-order valence-electron chi connectivity index (χ1n) is 10.1. The van der Waals surface area contributed by atoms with Crippen molar-refractivity contribution in [2.75, 3.05) is 31.9 Å². The van der Waals surface area contributed by atoms with E-state index in [0.29, 0.717) is 6.42 Å². The second kappa shape index (κ2) is 10.2. The molecule has 4 rings (SSSR count). The van der Waals surface area contributed by atoms with Crippen molar-refractivity contribution in [3.63, 3.8) is 0 Å². The number of aromatic nitrogens is 1. The Balaban J connectivity index is 1.21. The quantitative estimate of drug-likeness (QED) is 0.495. The van der Waals surface area contributed by atoms with Gasteiger partial charge in [0, 0.05) is 54.2 Å². The molecule has 1 aromatic heterocycles. The summed E-state index contributed by atoms with van der Waals surface area (Å²) in [7, 11) is 0. The van der Waals surface area contributed by atoms with Crippen molar-refractivity contribution in [3.05, 3.63) is 70.8 Å². The zero-order chi connectivity index (χ0) is 20.8. The highest BCUT2D eigenvalue weighted by molar-refractivity contribution is 7.99. The first-order valence-corrected chi connectivity index (χ1v) is 11.9. The Hall–Kier alpha value is -2.22. The predicted molar refractivity (Wildman–Crippen MR) is 121 cm³/mol. The van der Waals surface area contributed by atoms with E-state index in [4.69, 9.17) is 4.98 Å². The number of hydrogen-bond donors (Lipinski definition) is 0. The number of carbonyl (C=O) groups excluding carboxylic acids is 1. The minimum atomic E-state index is -0.236. The van der Waals surface area contributed by atoms with Crippen molar-refractivity contribution < 1.29 is 9.18 Å². The first kappa shape index (κ1) is 21.0. The van der Waals surface area contributed by atoms with Crippen LogP contribution in [0.3, 0.4) is 0 Å². The van der Waals surface area contributed by atoms with Crippen molar-refractivity contribution in [3.8, 4) is 11.3 Å². The Morgan fingerprint density at radius 1 is 1.03 bits per heavy atom. The van der Waals surface area contributed by atoms with Crippen molar-refractivity contribution in [1.82, 2.24) is 14.8 Å². The molecule has 1 amide bonds. The third-order valence-corrected chi connectivity index (χ3v) is 6.95. The lowest BCUT2D eigenvalue weighted by molar-refractivity contribution is -0.132. The molecule has 2 heterocycles. The molecule has 0 unspecified atom stereocenters. The molecular formula is C23H24FN3OS2. The van der Waals surface area contributed by atoms with E-state index in [1.54, 1.807) is 35.2 Å². The summed E-state index contributed by atoms with van der Waals surface area (Å²) in [6, 6.07) is 16.6. The van der Waals surface area contributed by atoms with Gasteiger partial charge in [0.1, 0.15) is 10.8 Å². The zero-order valence-corrected chi connectivity index (χ0v) is 18.3. The van der Waals surface area contributed by atoms with E-state index in [9.17, 15) is 9.18 Å². The van der Waals surface area contributed by atoms with E-state index in [-0.39, 0.29) is 11.7 Å². The molecule has 4 nitrogen and oxygen atoms in total. The molecule has 0 radical (unpaired) electrons. The smallest absolute Gasteiger partial charge is 0.223 e. The van der Waals surface area contributed by atoms with Gasteiger partial charge in [-0.25, -0.2) is 9.37 Å². The van der Waals surface area contributed by atoms with Gasteiger partial charge >= 0.3 is 0 Å². The van der Waals surface area contributed by atoms with E-state index in [1.807, 2.05) is 28.5 Å². The minimum Gasteiger partial charge on any atom is -0.340 e. The lowest BCUT2D eigenvalue weighted by Gasteiger charge is -2.34. The molecule has 1 aliphatic heterocycles. The minimum absolute atomic E-state index is 0.236. The lowest BCUT2D eigenvalue weighted by Crippen LogP contribution is -2.48. The summed E-state index contributed by atoms with van der Waals surface area (Å²) in [5.74, 6) is 0.820. The van der Waals surface area contributed by atoms with Gasteiger partial charge in [0.2, 0.25) is 5.91 Å². The van der Waals surface area contributed by atoms with Crippen molar-refractivity contribution >= 4 is 29.0 Å². The maximum atomic E-state index is 13.1. The number of nitrogens with zero attached hydrogens (tertiary/aromatic N) is 3. The first-order chi connectivity index (χ1) is 14.7. The monoisotopic (exact) mass is 441 g/mol. The van der Waals surface area contributed by atoms with E-state index in [2.05, 4.69) is 17.0 Å². The van der Waals surface area contributed by atoms with Gasteiger partial charge in [-0.2, -0.15) is 0 Å². The highest BCUT2D eigenvalue weighted by Crippen LogP contribution is 2.23. The second-order valence-corrected chi connectivity index (χ2v) is 9.31. The molecule has 7 heteroatoms. The van der Waals surface area contributed by atoms with E-state index < -0.39 is 0 Å². The van der Waals surface area contributed by atoms with E-state index >= 15 is 0 Å². The third-order valence-electron chi connectivity index (χ3n) is 5.10. The normalized spacial score (nSPS) is 14.8. The molecule has 0 spiro atoms. The number of thiazole rings is 1. The van der Waals surface area contributed by atoms with Crippen LogP contribution >= 0.6 is 23.1 Å². The Kier molecular flexibility index (Phi) is 7.15. The largest absolute Gasteiger partial charge is 0.340 e. The third kappa shape index (κ3) is 5.68. The maximum Gasteiger partial charge on any atom is 0.223 e. The van der Waals surface area contributed by atoms with Crippen molar-refractivity contribution in [2.45, 2.75) is 17.9 Å². The van der Waals surface area contributed by atoms with Gasteiger partial charge in [0.15, 0.2) is 0 Å². The number of benzene rings is 2.